The second-order valence-electron chi connectivity index (χ2n) is 3.47. The van der Waals surface area contributed by atoms with Gasteiger partial charge in [0.25, 0.3) is 0 Å². The third kappa shape index (κ3) is 2.51. The van der Waals surface area contributed by atoms with Gasteiger partial charge in [-0.05, 0) is 13.0 Å². The van der Waals surface area contributed by atoms with Crippen molar-refractivity contribution in [3.63, 3.8) is 0 Å². The van der Waals surface area contributed by atoms with E-state index in [1.807, 2.05) is 0 Å². The number of hydrogen-bond acceptors (Lipinski definition) is 2. The van der Waals surface area contributed by atoms with Crippen molar-refractivity contribution in [1.29, 1.82) is 0 Å². The Morgan fingerprint density at radius 1 is 1.31 bits per heavy atom. The largest absolute Gasteiger partial charge is 0.419 e. The fraction of sp³-hybridized carbons (Fsp3) is 0.400. The number of rotatable bonds is 2. The molecule has 2 atom stereocenters. The Bertz CT molecular complexity index is 376. The fourth-order valence-corrected chi connectivity index (χ4v) is 1.29. The van der Waals surface area contributed by atoms with Crippen LogP contribution in [0.2, 0.25) is 0 Å². The first-order valence-corrected chi connectivity index (χ1v) is 4.54. The molecule has 0 amide bonds. The second kappa shape index (κ2) is 4.39. The van der Waals surface area contributed by atoms with Gasteiger partial charge in [-0.1, -0.05) is 12.1 Å². The van der Waals surface area contributed by atoms with Gasteiger partial charge in [0.1, 0.15) is 5.82 Å². The van der Waals surface area contributed by atoms with Crippen LogP contribution in [0.3, 0.4) is 0 Å². The Kier molecular flexibility index (Phi) is 3.54. The third-order valence-corrected chi connectivity index (χ3v) is 2.21. The van der Waals surface area contributed by atoms with Crippen LogP contribution in [-0.2, 0) is 6.18 Å². The third-order valence-electron chi connectivity index (χ3n) is 2.21. The minimum atomic E-state index is -4.77. The highest BCUT2D eigenvalue weighted by molar-refractivity contribution is 5.30. The average Bonchev–Trinajstić information content (AvgIpc) is 2.15. The van der Waals surface area contributed by atoms with Crippen molar-refractivity contribution in [2.45, 2.75) is 25.2 Å². The van der Waals surface area contributed by atoms with Gasteiger partial charge in [0.05, 0.1) is 17.7 Å². The number of aliphatic hydroxyl groups excluding tert-OH is 1. The molecule has 1 aromatic carbocycles. The molecular weight excluding hydrogens is 226 g/mol. The molecule has 2 nitrogen and oxygen atoms in total. The van der Waals surface area contributed by atoms with Gasteiger partial charge in [-0.15, -0.1) is 0 Å². The van der Waals surface area contributed by atoms with E-state index in [0.717, 1.165) is 12.1 Å². The van der Waals surface area contributed by atoms with Gasteiger partial charge >= 0.3 is 6.18 Å². The van der Waals surface area contributed by atoms with Crippen molar-refractivity contribution in [2.75, 3.05) is 0 Å². The first-order valence-electron chi connectivity index (χ1n) is 4.54. The summed E-state index contributed by atoms with van der Waals surface area (Å²) in [5.74, 6) is -1.43. The Labute approximate surface area is 89.7 Å². The van der Waals surface area contributed by atoms with Crippen LogP contribution in [0.15, 0.2) is 18.2 Å². The monoisotopic (exact) mass is 237 g/mol. The molecule has 0 aliphatic rings. The van der Waals surface area contributed by atoms with E-state index in [2.05, 4.69) is 0 Å². The Morgan fingerprint density at radius 2 is 1.88 bits per heavy atom. The molecule has 0 radical (unpaired) electrons. The molecular formula is C10H11F4NO. The van der Waals surface area contributed by atoms with Gasteiger partial charge in [-0.2, -0.15) is 13.2 Å². The zero-order valence-electron chi connectivity index (χ0n) is 8.42. The molecule has 1 aromatic rings. The molecule has 0 saturated heterocycles. The lowest BCUT2D eigenvalue weighted by molar-refractivity contribution is -0.140. The summed E-state index contributed by atoms with van der Waals surface area (Å²) in [6.07, 6.45) is -5.89. The Morgan fingerprint density at radius 3 is 2.31 bits per heavy atom. The average molecular weight is 237 g/mol. The van der Waals surface area contributed by atoms with E-state index < -0.39 is 29.7 Å². The topological polar surface area (TPSA) is 46.2 Å². The lowest BCUT2D eigenvalue weighted by Crippen LogP contribution is -2.25. The maximum atomic E-state index is 13.5. The van der Waals surface area contributed by atoms with E-state index in [4.69, 9.17) is 10.8 Å². The van der Waals surface area contributed by atoms with Crippen molar-refractivity contribution < 1.29 is 22.7 Å². The summed E-state index contributed by atoms with van der Waals surface area (Å²) in [6.45, 7) is 1.28. The molecule has 0 fully saturated rings. The minimum absolute atomic E-state index is 0.343. The molecule has 0 spiro atoms. The number of benzene rings is 1. The standard InChI is InChI=1S/C10H11F4NO/c1-5(16)9(15)6-3-2-4-7(8(6)11)10(12,13)14/h2-5,9,16H,15H2,1H3/t5-,9+/m0/s1. The van der Waals surface area contributed by atoms with Crippen LogP contribution >= 0.6 is 0 Å². The predicted molar refractivity (Wildman–Crippen MR) is 50.0 cm³/mol. The maximum Gasteiger partial charge on any atom is 0.419 e. The smallest absolute Gasteiger partial charge is 0.391 e. The lowest BCUT2D eigenvalue weighted by atomic mass is 10.00. The van der Waals surface area contributed by atoms with Crippen molar-refractivity contribution in [3.8, 4) is 0 Å². The van der Waals surface area contributed by atoms with Crippen molar-refractivity contribution in [3.05, 3.63) is 35.1 Å². The van der Waals surface area contributed by atoms with E-state index in [1.54, 1.807) is 0 Å². The summed E-state index contributed by atoms with van der Waals surface area (Å²) in [5.41, 5.74) is 3.68. The summed E-state index contributed by atoms with van der Waals surface area (Å²) in [4.78, 5) is 0. The van der Waals surface area contributed by atoms with Crippen LogP contribution < -0.4 is 5.73 Å². The zero-order chi connectivity index (χ0) is 12.5. The second-order valence-corrected chi connectivity index (χ2v) is 3.47. The van der Waals surface area contributed by atoms with Crippen LogP contribution in [0.1, 0.15) is 24.1 Å². The van der Waals surface area contributed by atoms with Crippen LogP contribution in [0.25, 0.3) is 0 Å². The van der Waals surface area contributed by atoms with Crippen LogP contribution in [0.4, 0.5) is 17.6 Å². The summed E-state index contributed by atoms with van der Waals surface area (Å²) in [6, 6.07) is 1.64. The molecule has 0 heterocycles. The molecule has 0 aliphatic carbocycles. The van der Waals surface area contributed by atoms with Crippen molar-refractivity contribution in [2.24, 2.45) is 5.73 Å². The molecule has 0 bridgehead atoms. The highest BCUT2D eigenvalue weighted by atomic mass is 19.4. The minimum Gasteiger partial charge on any atom is -0.391 e. The van der Waals surface area contributed by atoms with Gasteiger partial charge in [0.2, 0.25) is 0 Å². The quantitative estimate of drug-likeness (QED) is 0.775. The van der Waals surface area contributed by atoms with Gasteiger partial charge < -0.3 is 10.8 Å². The first-order chi connectivity index (χ1) is 7.25. The molecule has 16 heavy (non-hydrogen) atoms. The van der Waals surface area contributed by atoms with Crippen LogP contribution in [0.5, 0.6) is 0 Å². The normalized spacial score (nSPS) is 15.9. The summed E-state index contributed by atoms with van der Waals surface area (Å²) in [7, 11) is 0. The van der Waals surface area contributed by atoms with E-state index in [0.29, 0.717) is 6.07 Å². The molecule has 1 rings (SSSR count). The summed E-state index contributed by atoms with van der Waals surface area (Å²) in [5, 5.41) is 9.12. The summed E-state index contributed by atoms with van der Waals surface area (Å²) < 4.78 is 50.5. The molecule has 0 aliphatic heterocycles. The maximum absolute atomic E-state index is 13.5. The van der Waals surface area contributed by atoms with Crippen molar-refractivity contribution >= 4 is 0 Å². The number of hydrogen-bond donors (Lipinski definition) is 2. The van der Waals surface area contributed by atoms with E-state index in [-0.39, 0.29) is 5.56 Å². The predicted octanol–water partition coefficient (Wildman–Crippen LogP) is 2.23. The molecule has 0 saturated carbocycles. The number of aliphatic hydroxyl groups is 1. The number of halogens is 4. The zero-order valence-corrected chi connectivity index (χ0v) is 8.42. The van der Waals surface area contributed by atoms with Crippen LogP contribution in [0, 0.1) is 5.82 Å². The lowest BCUT2D eigenvalue weighted by Gasteiger charge is -2.18. The van der Waals surface area contributed by atoms with Crippen molar-refractivity contribution in [1.82, 2.24) is 0 Å². The first kappa shape index (κ1) is 12.9. The highest BCUT2D eigenvalue weighted by Gasteiger charge is 2.35. The van der Waals surface area contributed by atoms with E-state index in [1.165, 1.54) is 6.92 Å². The molecule has 90 valence electrons. The Balaban J connectivity index is 3.24. The molecule has 6 heteroatoms. The summed E-state index contributed by atoms with van der Waals surface area (Å²) >= 11 is 0. The molecule has 0 aromatic heterocycles. The Hall–Kier alpha value is -1.14. The van der Waals surface area contributed by atoms with Gasteiger partial charge in [-0.3, -0.25) is 0 Å². The van der Waals surface area contributed by atoms with E-state index >= 15 is 0 Å². The number of alkyl halides is 3. The SMILES string of the molecule is C[C@H](O)[C@@H](N)c1cccc(C(F)(F)F)c1F. The molecule has 0 unspecified atom stereocenters. The molecule has 3 N–H and O–H groups in total. The fourth-order valence-electron chi connectivity index (χ4n) is 1.29. The number of nitrogens with two attached hydrogens (primary N) is 1. The van der Waals surface area contributed by atoms with Crippen LogP contribution in [-0.4, -0.2) is 11.2 Å². The van der Waals surface area contributed by atoms with Gasteiger partial charge in [0, 0.05) is 5.56 Å². The van der Waals surface area contributed by atoms with Gasteiger partial charge in [0.15, 0.2) is 0 Å². The van der Waals surface area contributed by atoms with E-state index in [9.17, 15) is 17.6 Å². The van der Waals surface area contributed by atoms with Gasteiger partial charge in [-0.25, -0.2) is 4.39 Å². The highest BCUT2D eigenvalue weighted by Crippen LogP contribution is 2.33.